The maximum atomic E-state index is 14.8. The number of anilines is 2. The van der Waals surface area contributed by atoms with E-state index in [1.807, 2.05) is 0 Å². The van der Waals surface area contributed by atoms with Crippen LogP contribution in [0, 0.1) is 11.6 Å². The molecule has 39 heavy (non-hydrogen) atoms. The molecule has 0 spiro atoms. The van der Waals surface area contributed by atoms with Crippen LogP contribution in [0.2, 0.25) is 10.0 Å². The molecule has 0 bridgehead atoms. The van der Waals surface area contributed by atoms with Crippen molar-refractivity contribution in [2.45, 2.75) is 25.2 Å². The SMILES string of the molecule is NC(=O)[C@H](CO)NCc1ccc(C(=O)Nc2cc(Cl)c(Cl)cc2N2CCN(CCC(F)(F)F)CC2)c(F)c1F. The van der Waals surface area contributed by atoms with Crippen LogP contribution in [0.5, 0.6) is 0 Å². The molecular weight excluding hydrogens is 572 g/mol. The minimum Gasteiger partial charge on any atom is -0.394 e. The van der Waals surface area contributed by atoms with E-state index in [-0.39, 0.29) is 34.4 Å². The van der Waals surface area contributed by atoms with Gasteiger partial charge in [-0.05, 0) is 18.2 Å². The van der Waals surface area contributed by atoms with Crippen molar-refractivity contribution < 1.29 is 36.6 Å². The van der Waals surface area contributed by atoms with Crippen LogP contribution >= 0.6 is 23.2 Å². The number of carbonyl (C=O) groups is 2. The second kappa shape index (κ2) is 13.1. The van der Waals surface area contributed by atoms with Crippen molar-refractivity contribution >= 4 is 46.4 Å². The normalized spacial score (nSPS) is 15.3. The maximum Gasteiger partial charge on any atom is 0.390 e. The molecule has 0 unspecified atom stereocenters. The predicted octanol–water partition coefficient (Wildman–Crippen LogP) is 3.53. The highest BCUT2D eigenvalue weighted by Crippen LogP contribution is 2.36. The number of halogens is 7. The number of rotatable bonds is 10. The number of nitrogens with two attached hydrogens (primary N) is 1. The van der Waals surface area contributed by atoms with Crippen LogP contribution < -0.4 is 21.3 Å². The van der Waals surface area contributed by atoms with E-state index >= 15 is 0 Å². The first-order valence-corrected chi connectivity index (χ1v) is 12.5. The number of primary amides is 1. The van der Waals surface area contributed by atoms with Gasteiger partial charge in [0.05, 0.1) is 40.0 Å². The average molecular weight is 598 g/mol. The molecule has 214 valence electrons. The quantitative estimate of drug-likeness (QED) is 0.312. The van der Waals surface area contributed by atoms with Crippen LogP contribution in [0.1, 0.15) is 22.3 Å². The van der Waals surface area contributed by atoms with Crippen LogP contribution in [-0.2, 0) is 11.3 Å². The average Bonchev–Trinajstić information content (AvgIpc) is 2.87. The van der Waals surface area contributed by atoms with Crippen LogP contribution in [0.15, 0.2) is 24.3 Å². The molecule has 1 saturated heterocycles. The zero-order valence-corrected chi connectivity index (χ0v) is 21.9. The number of nitrogens with zero attached hydrogens (tertiary/aromatic N) is 2. The third kappa shape index (κ3) is 8.15. The van der Waals surface area contributed by atoms with Gasteiger partial charge in [-0.3, -0.25) is 19.8 Å². The molecule has 5 N–H and O–H groups in total. The summed E-state index contributed by atoms with van der Waals surface area (Å²) in [4.78, 5) is 27.6. The Kier molecular flexibility index (Phi) is 10.4. The summed E-state index contributed by atoms with van der Waals surface area (Å²) in [5.41, 5.74) is 4.84. The zero-order chi connectivity index (χ0) is 28.9. The summed E-state index contributed by atoms with van der Waals surface area (Å²) in [6.07, 6.45) is -5.18. The van der Waals surface area contributed by atoms with E-state index in [1.54, 1.807) is 9.80 Å². The lowest BCUT2D eigenvalue weighted by molar-refractivity contribution is -0.138. The first kappa shape index (κ1) is 30.8. The van der Waals surface area contributed by atoms with Gasteiger partial charge < -0.3 is 21.1 Å². The number of aliphatic hydroxyl groups is 1. The number of hydrogen-bond acceptors (Lipinski definition) is 6. The molecule has 2 aromatic carbocycles. The van der Waals surface area contributed by atoms with Crippen LogP contribution in [0.3, 0.4) is 0 Å². The van der Waals surface area contributed by atoms with Crippen molar-refractivity contribution in [3.05, 3.63) is 57.1 Å². The molecule has 1 aliphatic heterocycles. The molecule has 3 rings (SSSR count). The number of amides is 2. The Morgan fingerprint density at radius 1 is 1.05 bits per heavy atom. The summed E-state index contributed by atoms with van der Waals surface area (Å²) in [7, 11) is 0. The Labute approximate surface area is 230 Å². The third-order valence-electron chi connectivity index (χ3n) is 6.18. The van der Waals surface area contributed by atoms with Gasteiger partial charge >= 0.3 is 6.18 Å². The van der Waals surface area contributed by atoms with Gasteiger partial charge in [0.15, 0.2) is 11.6 Å². The summed E-state index contributed by atoms with van der Waals surface area (Å²) < 4.78 is 67.2. The second-order valence-electron chi connectivity index (χ2n) is 8.85. The fourth-order valence-electron chi connectivity index (χ4n) is 3.97. The predicted molar refractivity (Wildman–Crippen MR) is 137 cm³/mol. The molecule has 0 saturated carbocycles. The second-order valence-corrected chi connectivity index (χ2v) is 9.66. The number of benzene rings is 2. The third-order valence-corrected chi connectivity index (χ3v) is 6.91. The number of piperazine rings is 1. The molecule has 0 radical (unpaired) electrons. The van der Waals surface area contributed by atoms with Crippen molar-refractivity contribution in [2.24, 2.45) is 5.73 Å². The number of carbonyl (C=O) groups excluding carboxylic acids is 2. The first-order valence-electron chi connectivity index (χ1n) is 11.8. The Hall–Kier alpha value is -2.71. The van der Waals surface area contributed by atoms with Gasteiger partial charge in [0.25, 0.3) is 5.91 Å². The summed E-state index contributed by atoms with van der Waals surface area (Å²) in [6, 6.07) is 3.85. The standard InChI is InChI=1S/C24H26Cl2F5N5O3/c25-15-9-17(19(10-16(15)26)36-7-5-35(6-8-36)4-3-24(29,30)31)34-23(39)14-2-1-13(20(27)21(14)28)11-33-18(12-37)22(32)38/h1-2,9-10,18,33,37H,3-8,11-12H2,(H2,32,38)(H,34,39)/t18-/m0/s1. The van der Waals surface area contributed by atoms with Gasteiger partial charge in [0.2, 0.25) is 5.91 Å². The van der Waals surface area contributed by atoms with Crippen molar-refractivity contribution in [3.8, 4) is 0 Å². The van der Waals surface area contributed by atoms with E-state index < -0.39 is 54.3 Å². The van der Waals surface area contributed by atoms with E-state index in [4.69, 9.17) is 34.0 Å². The molecular formula is C24H26Cl2F5N5O3. The molecule has 1 heterocycles. The molecule has 1 aliphatic rings. The van der Waals surface area contributed by atoms with Gasteiger partial charge in [-0.1, -0.05) is 29.3 Å². The lowest BCUT2D eigenvalue weighted by Gasteiger charge is -2.37. The summed E-state index contributed by atoms with van der Waals surface area (Å²) in [5.74, 6) is -4.64. The highest BCUT2D eigenvalue weighted by atomic mass is 35.5. The molecule has 2 amide bonds. The van der Waals surface area contributed by atoms with E-state index in [2.05, 4.69) is 10.6 Å². The summed E-state index contributed by atoms with van der Waals surface area (Å²) in [6.45, 7) is 0.173. The minimum absolute atomic E-state index is 0.0838. The number of hydrogen-bond donors (Lipinski definition) is 4. The first-order chi connectivity index (χ1) is 18.3. The Morgan fingerprint density at radius 2 is 1.69 bits per heavy atom. The van der Waals surface area contributed by atoms with Crippen molar-refractivity contribution in [2.75, 3.05) is 49.5 Å². The maximum absolute atomic E-state index is 14.8. The van der Waals surface area contributed by atoms with Crippen LogP contribution in [0.25, 0.3) is 0 Å². The van der Waals surface area contributed by atoms with Crippen molar-refractivity contribution in [1.29, 1.82) is 0 Å². The van der Waals surface area contributed by atoms with Gasteiger partial charge in [-0.15, -0.1) is 0 Å². The fraction of sp³-hybridized carbons (Fsp3) is 0.417. The largest absolute Gasteiger partial charge is 0.394 e. The van der Waals surface area contributed by atoms with Crippen molar-refractivity contribution in [1.82, 2.24) is 10.2 Å². The van der Waals surface area contributed by atoms with Gasteiger partial charge in [0, 0.05) is 44.8 Å². The Bertz CT molecular complexity index is 1210. The van der Waals surface area contributed by atoms with E-state index in [9.17, 15) is 31.5 Å². The van der Waals surface area contributed by atoms with Crippen LogP contribution in [-0.4, -0.2) is 73.4 Å². The smallest absolute Gasteiger partial charge is 0.390 e. The number of nitrogens with one attached hydrogen (secondary N) is 2. The Morgan fingerprint density at radius 3 is 2.28 bits per heavy atom. The molecule has 8 nitrogen and oxygen atoms in total. The minimum atomic E-state index is -4.26. The Balaban J connectivity index is 1.75. The molecule has 2 aromatic rings. The van der Waals surface area contributed by atoms with Gasteiger partial charge in [0.1, 0.15) is 6.04 Å². The molecule has 15 heteroatoms. The monoisotopic (exact) mass is 597 g/mol. The fourth-order valence-corrected chi connectivity index (χ4v) is 4.30. The lowest BCUT2D eigenvalue weighted by Crippen LogP contribution is -2.47. The van der Waals surface area contributed by atoms with Gasteiger partial charge in [-0.25, -0.2) is 8.78 Å². The summed E-state index contributed by atoms with van der Waals surface area (Å²) >= 11 is 12.3. The molecule has 0 aliphatic carbocycles. The molecule has 0 aromatic heterocycles. The van der Waals surface area contributed by atoms with Crippen LogP contribution in [0.4, 0.5) is 33.3 Å². The van der Waals surface area contributed by atoms with Crippen molar-refractivity contribution in [3.63, 3.8) is 0 Å². The molecule has 1 fully saturated rings. The van der Waals surface area contributed by atoms with E-state index in [1.165, 1.54) is 12.1 Å². The van der Waals surface area contributed by atoms with E-state index in [0.29, 0.717) is 31.9 Å². The lowest BCUT2D eigenvalue weighted by atomic mass is 10.1. The topological polar surface area (TPSA) is 111 Å². The summed E-state index contributed by atoms with van der Waals surface area (Å²) in [5, 5.41) is 14.4. The van der Waals surface area contributed by atoms with Gasteiger partial charge in [-0.2, -0.15) is 13.2 Å². The highest BCUT2D eigenvalue weighted by Gasteiger charge is 2.29. The zero-order valence-electron chi connectivity index (χ0n) is 20.4. The number of alkyl halides is 3. The number of aliphatic hydroxyl groups excluding tert-OH is 1. The molecule has 1 atom stereocenters. The van der Waals surface area contributed by atoms with E-state index in [0.717, 1.165) is 12.1 Å². The highest BCUT2D eigenvalue weighted by molar-refractivity contribution is 6.42.